The molecule has 7 rings (SSSR count). The molecule has 1 aliphatic heterocycles. The van der Waals surface area contributed by atoms with Gasteiger partial charge < -0.3 is 26.1 Å². The largest absolute Gasteiger partial charge is 0.446 e. The topological polar surface area (TPSA) is 136 Å². The third-order valence-electron chi connectivity index (χ3n) is 8.47. The van der Waals surface area contributed by atoms with E-state index in [0.717, 1.165) is 37.6 Å². The van der Waals surface area contributed by atoms with Crippen LogP contribution in [-0.4, -0.2) is 45.6 Å². The van der Waals surface area contributed by atoms with E-state index in [1.807, 2.05) is 6.07 Å². The van der Waals surface area contributed by atoms with Crippen LogP contribution in [0.25, 0.3) is 11.0 Å². The molecule has 5 aliphatic rings. The maximum Gasteiger partial charge on any atom is 0.410 e. The number of nitrogens with two attached hydrogens (primary N) is 2. The standard InChI is InChI=1S/C23H29N5O4/c24-15-1-2-18-17(7-15)26-21(30)28(18)16-3-4-27(11-16)22(31)32-19-13-5-12-6-14(19)10-23(8-12,9-13)20(25)29/h1-2,7,12-14,16,19H,3-6,8-11,24H2,(H2,25,29)(H,26,30)/t12?,13?,14?,16-,19?,23?/m0/s1. The zero-order chi connectivity index (χ0) is 22.2. The predicted octanol–water partition coefficient (Wildman–Crippen LogP) is 1.98. The molecule has 2 heterocycles. The minimum atomic E-state index is -0.391. The number of rotatable bonds is 3. The number of anilines is 1. The molecular weight excluding hydrogens is 410 g/mol. The molecule has 3 atom stereocenters. The van der Waals surface area contributed by atoms with Crippen LogP contribution in [0.1, 0.15) is 44.6 Å². The summed E-state index contributed by atoms with van der Waals surface area (Å²) in [5, 5.41) is 0. The number of benzene rings is 1. The van der Waals surface area contributed by atoms with E-state index < -0.39 is 5.41 Å². The third kappa shape index (κ3) is 2.86. The number of amides is 2. The molecule has 2 aromatic rings. The molecule has 4 saturated carbocycles. The second-order valence-corrected chi connectivity index (χ2v) is 10.4. The smallest absolute Gasteiger partial charge is 0.410 e. The molecule has 4 bridgehead atoms. The van der Waals surface area contributed by atoms with Crippen LogP contribution in [0.4, 0.5) is 10.5 Å². The maximum atomic E-state index is 13.1. The molecule has 9 heteroatoms. The Labute approximate surface area is 185 Å². The fraction of sp³-hybridized carbons (Fsp3) is 0.609. The van der Waals surface area contributed by atoms with E-state index in [1.54, 1.807) is 21.6 Å². The van der Waals surface area contributed by atoms with Gasteiger partial charge in [-0.1, -0.05) is 0 Å². The highest BCUT2D eigenvalue weighted by Gasteiger charge is 2.59. The molecule has 4 aliphatic carbocycles. The van der Waals surface area contributed by atoms with Crippen molar-refractivity contribution >= 4 is 28.7 Å². The average Bonchev–Trinajstić information content (AvgIpc) is 3.33. The highest BCUT2D eigenvalue weighted by atomic mass is 16.6. The molecule has 0 spiro atoms. The second-order valence-electron chi connectivity index (χ2n) is 10.4. The number of carbonyl (C=O) groups excluding carboxylic acids is 2. The lowest BCUT2D eigenvalue weighted by Crippen LogP contribution is -2.59. The molecule has 5 N–H and O–H groups in total. The first-order chi connectivity index (χ1) is 15.3. The van der Waals surface area contributed by atoms with Crippen LogP contribution in [0, 0.1) is 23.2 Å². The molecule has 5 fully saturated rings. The van der Waals surface area contributed by atoms with Gasteiger partial charge in [0.25, 0.3) is 0 Å². The number of nitrogens with zero attached hydrogens (tertiary/aromatic N) is 2. The van der Waals surface area contributed by atoms with E-state index in [0.29, 0.717) is 36.6 Å². The number of aromatic nitrogens is 2. The van der Waals surface area contributed by atoms with Gasteiger partial charge in [-0.05, 0) is 74.5 Å². The Morgan fingerprint density at radius 1 is 1.16 bits per heavy atom. The van der Waals surface area contributed by atoms with Gasteiger partial charge >= 0.3 is 11.8 Å². The van der Waals surface area contributed by atoms with E-state index in [4.69, 9.17) is 16.2 Å². The number of imidazole rings is 1. The van der Waals surface area contributed by atoms with Gasteiger partial charge in [0.2, 0.25) is 5.91 Å². The van der Waals surface area contributed by atoms with Crippen LogP contribution in [-0.2, 0) is 9.53 Å². The maximum absolute atomic E-state index is 13.1. The first kappa shape index (κ1) is 19.7. The lowest BCUT2D eigenvalue weighted by atomic mass is 9.48. The minimum Gasteiger partial charge on any atom is -0.446 e. The fourth-order valence-corrected chi connectivity index (χ4v) is 7.29. The SMILES string of the molecule is NC(=O)C12CC3CC(C1)C(OC(=O)N1CC[C@H](n4c(=O)[nH]c5cc(N)ccc54)C1)C(C3)C2. The number of ether oxygens (including phenoxy) is 1. The van der Waals surface area contributed by atoms with E-state index in [2.05, 4.69) is 4.98 Å². The van der Waals surface area contributed by atoms with Gasteiger partial charge in [-0.3, -0.25) is 9.36 Å². The van der Waals surface area contributed by atoms with E-state index >= 15 is 0 Å². The van der Waals surface area contributed by atoms with Crippen molar-refractivity contribution in [2.75, 3.05) is 18.8 Å². The molecule has 2 amide bonds. The number of carbonyl (C=O) groups is 2. The summed E-state index contributed by atoms with van der Waals surface area (Å²) in [5.74, 6) is 0.777. The Kier molecular flexibility index (Phi) is 4.16. The molecule has 170 valence electrons. The molecule has 2 unspecified atom stereocenters. The fourth-order valence-electron chi connectivity index (χ4n) is 7.29. The summed E-state index contributed by atoms with van der Waals surface area (Å²) in [5.41, 5.74) is 13.1. The van der Waals surface area contributed by atoms with E-state index in [-0.39, 0.29) is 41.7 Å². The van der Waals surface area contributed by atoms with Crippen molar-refractivity contribution in [3.8, 4) is 0 Å². The summed E-state index contributed by atoms with van der Waals surface area (Å²) in [6, 6.07) is 5.26. The molecular formula is C23H29N5O4. The molecule has 0 radical (unpaired) electrons. The van der Waals surface area contributed by atoms with E-state index in [1.165, 1.54) is 0 Å². The Balaban J connectivity index is 1.16. The summed E-state index contributed by atoms with van der Waals surface area (Å²) < 4.78 is 7.78. The number of aromatic amines is 1. The Morgan fingerprint density at radius 2 is 1.91 bits per heavy atom. The quantitative estimate of drug-likeness (QED) is 0.628. The molecule has 1 saturated heterocycles. The number of hydrogen-bond donors (Lipinski definition) is 3. The normalized spacial score (nSPS) is 35.5. The number of H-pyrrole nitrogens is 1. The van der Waals surface area contributed by atoms with Gasteiger partial charge in [0.15, 0.2) is 0 Å². The van der Waals surface area contributed by atoms with Crippen molar-refractivity contribution < 1.29 is 14.3 Å². The van der Waals surface area contributed by atoms with Crippen LogP contribution in [0.5, 0.6) is 0 Å². The Bertz CT molecular complexity index is 1150. The number of hydrogen-bond acceptors (Lipinski definition) is 5. The summed E-state index contributed by atoms with van der Waals surface area (Å²) in [7, 11) is 0. The van der Waals surface area contributed by atoms with Crippen LogP contribution < -0.4 is 17.2 Å². The molecule has 1 aromatic carbocycles. The predicted molar refractivity (Wildman–Crippen MR) is 118 cm³/mol. The monoisotopic (exact) mass is 439 g/mol. The zero-order valence-electron chi connectivity index (χ0n) is 18.0. The van der Waals surface area contributed by atoms with Gasteiger partial charge in [0.05, 0.1) is 22.5 Å². The molecule has 32 heavy (non-hydrogen) atoms. The van der Waals surface area contributed by atoms with Crippen molar-refractivity contribution in [3.63, 3.8) is 0 Å². The highest BCUT2D eigenvalue weighted by molar-refractivity contribution is 5.81. The van der Waals surface area contributed by atoms with Gasteiger partial charge in [0, 0.05) is 18.8 Å². The third-order valence-corrected chi connectivity index (χ3v) is 8.47. The second kappa shape index (κ2) is 6.76. The minimum absolute atomic E-state index is 0.107. The van der Waals surface area contributed by atoms with Gasteiger partial charge in [-0.2, -0.15) is 0 Å². The van der Waals surface area contributed by atoms with Crippen molar-refractivity contribution in [1.29, 1.82) is 0 Å². The number of nitrogens with one attached hydrogen (secondary N) is 1. The van der Waals surface area contributed by atoms with Gasteiger partial charge in [-0.15, -0.1) is 0 Å². The summed E-state index contributed by atoms with van der Waals surface area (Å²) >= 11 is 0. The van der Waals surface area contributed by atoms with Crippen LogP contribution in [0.3, 0.4) is 0 Å². The Hall–Kier alpha value is -2.97. The van der Waals surface area contributed by atoms with Crippen molar-refractivity contribution in [1.82, 2.24) is 14.5 Å². The average molecular weight is 440 g/mol. The zero-order valence-corrected chi connectivity index (χ0v) is 18.0. The van der Waals surface area contributed by atoms with Crippen molar-refractivity contribution in [2.24, 2.45) is 28.9 Å². The number of likely N-dealkylation sites (tertiary alicyclic amines) is 1. The summed E-state index contributed by atoms with van der Waals surface area (Å²) in [6.07, 6.45) is 4.65. The summed E-state index contributed by atoms with van der Waals surface area (Å²) in [6.45, 7) is 0.986. The lowest BCUT2D eigenvalue weighted by Gasteiger charge is -2.58. The number of primary amides is 1. The summed E-state index contributed by atoms with van der Waals surface area (Å²) in [4.78, 5) is 42.4. The van der Waals surface area contributed by atoms with Crippen LogP contribution in [0.15, 0.2) is 23.0 Å². The molecule has 1 aromatic heterocycles. The Morgan fingerprint density at radius 3 is 2.62 bits per heavy atom. The van der Waals surface area contributed by atoms with Crippen molar-refractivity contribution in [3.05, 3.63) is 28.7 Å². The lowest BCUT2D eigenvalue weighted by molar-refractivity contribution is -0.161. The first-order valence-electron chi connectivity index (χ1n) is 11.6. The van der Waals surface area contributed by atoms with Crippen molar-refractivity contribution in [2.45, 2.75) is 50.7 Å². The van der Waals surface area contributed by atoms with Crippen LogP contribution >= 0.6 is 0 Å². The van der Waals surface area contributed by atoms with Gasteiger partial charge in [0.1, 0.15) is 6.10 Å². The molecule has 9 nitrogen and oxygen atoms in total. The van der Waals surface area contributed by atoms with E-state index in [9.17, 15) is 14.4 Å². The highest BCUT2D eigenvalue weighted by Crippen LogP contribution is 2.60. The van der Waals surface area contributed by atoms with Gasteiger partial charge in [-0.25, -0.2) is 9.59 Å². The number of nitrogen functional groups attached to an aromatic ring is 1. The number of fused-ring (bicyclic) bond motifs is 1. The van der Waals surface area contributed by atoms with Crippen LogP contribution in [0.2, 0.25) is 0 Å². The first-order valence-corrected chi connectivity index (χ1v) is 11.6.